The molecule has 3 rings (SSSR count). The molecule has 24 heavy (non-hydrogen) atoms. The fraction of sp³-hybridized carbons (Fsp3) is 0.500. The summed E-state index contributed by atoms with van der Waals surface area (Å²) in [5.74, 6) is 0.906. The quantitative estimate of drug-likeness (QED) is 0.756. The van der Waals surface area contributed by atoms with Crippen molar-refractivity contribution in [2.45, 2.75) is 38.6 Å². The molecule has 1 atom stereocenters. The maximum atomic E-state index is 11.8. The number of methoxy groups -OCH3 is 2. The predicted molar refractivity (Wildman–Crippen MR) is 86.9 cm³/mol. The molecular weight excluding hydrogens is 312 g/mol. The first-order valence-corrected chi connectivity index (χ1v) is 8.10. The van der Waals surface area contributed by atoms with E-state index in [4.69, 9.17) is 23.4 Å². The zero-order valence-corrected chi connectivity index (χ0v) is 14.0. The van der Waals surface area contributed by atoms with E-state index in [1.54, 1.807) is 7.11 Å². The van der Waals surface area contributed by atoms with Gasteiger partial charge >= 0.3 is 5.97 Å². The molecule has 2 aromatic rings. The smallest absolute Gasteiger partial charge is 0.310 e. The van der Waals surface area contributed by atoms with E-state index in [1.807, 2.05) is 18.2 Å². The van der Waals surface area contributed by atoms with Crippen molar-refractivity contribution < 1.29 is 28.2 Å². The highest BCUT2D eigenvalue weighted by atomic mass is 16.7. The van der Waals surface area contributed by atoms with Crippen LogP contribution in [-0.2, 0) is 32.0 Å². The molecule has 1 aliphatic rings. The Labute approximate surface area is 140 Å². The summed E-state index contributed by atoms with van der Waals surface area (Å²) in [6, 6.07) is 5.59. The number of carbonyl (C=O) groups is 1. The number of para-hydroxylation sites is 1. The number of fused-ring (bicyclic) bond motifs is 1. The molecule has 1 unspecified atom stereocenters. The van der Waals surface area contributed by atoms with Gasteiger partial charge in [-0.05, 0) is 25.3 Å². The average molecular weight is 334 g/mol. The number of hydrogen-bond donors (Lipinski definition) is 0. The van der Waals surface area contributed by atoms with Crippen LogP contribution in [-0.4, -0.2) is 33.1 Å². The van der Waals surface area contributed by atoms with Gasteiger partial charge in [-0.25, -0.2) is 0 Å². The Morgan fingerprint density at radius 1 is 1.29 bits per heavy atom. The van der Waals surface area contributed by atoms with E-state index in [0.29, 0.717) is 23.7 Å². The molecule has 0 amide bonds. The first kappa shape index (κ1) is 16.8. The number of furan rings is 1. The number of carbonyl (C=O) groups excluding carboxylic acids is 1. The van der Waals surface area contributed by atoms with Crippen LogP contribution in [0, 0.1) is 0 Å². The lowest BCUT2D eigenvalue weighted by molar-refractivity contribution is -0.171. The molecule has 6 nitrogen and oxygen atoms in total. The van der Waals surface area contributed by atoms with Gasteiger partial charge in [0.25, 0.3) is 0 Å². The molecule has 2 heterocycles. The normalized spacial score (nSPS) is 17.8. The van der Waals surface area contributed by atoms with Gasteiger partial charge in [0.15, 0.2) is 17.6 Å². The Bertz CT molecular complexity index is 699. The molecule has 1 aromatic carbocycles. The van der Waals surface area contributed by atoms with Crippen LogP contribution in [0.15, 0.2) is 22.6 Å². The van der Waals surface area contributed by atoms with Crippen LogP contribution in [0.2, 0.25) is 0 Å². The molecule has 0 N–H and O–H groups in total. The van der Waals surface area contributed by atoms with Crippen LogP contribution in [0.3, 0.4) is 0 Å². The van der Waals surface area contributed by atoms with Crippen LogP contribution in [0.25, 0.3) is 11.0 Å². The van der Waals surface area contributed by atoms with Gasteiger partial charge in [-0.1, -0.05) is 12.1 Å². The summed E-state index contributed by atoms with van der Waals surface area (Å²) >= 11 is 0. The second kappa shape index (κ2) is 7.68. The molecule has 6 heteroatoms. The van der Waals surface area contributed by atoms with Gasteiger partial charge in [-0.2, -0.15) is 0 Å². The SMILES string of the molecule is COC(=O)Cc1c(COC2CCCCO2)oc2c(OC)cccc12. The van der Waals surface area contributed by atoms with Crippen LogP contribution in [0.4, 0.5) is 0 Å². The summed E-state index contributed by atoms with van der Waals surface area (Å²) in [5, 5.41) is 0.836. The zero-order valence-electron chi connectivity index (χ0n) is 14.0. The topological polar surface area (TPSA) is 67.1 Å². The van der Waals surface area contributed by atoms with Crippen molar-refractivity contribution in [3.63, 3.8) is 0 Å². The van der Waals surface area contributed by atoms with E-state index < -0.39 is 0 Å². The molecule has 0 aliphatic carbocycles. The Morgan fingerprint density at radius 2 is 2.17 bits per heavy atom. The highest BCUT2D eigenvalue weighted by Crippen LogP contribution is 2.34. The summed E-state index contributed by atoms with van der Waals surface area (Å²) in [5.41, 5.74) is 1.38. The summed E-state index contributed by atoms with van der Waals surface area (Å²) in [6.45, 7) is 0.961. The van der Waals surface area contributed by atoms with Gasteiger partial charge in [-0.15, -0.1) is 0 Å². The first-order chi connectivity index (χ1) is 11.7. The lowest BCUT2D eigenvalue weighted by atomic mass is 10.1. The van der Waals surface area contributed by atoms with Gasteiger partial charge in [-0.3, -0.25) is 4.79 Å². The molecule has 1 aliphatic heterocycles. The van der Waals surface area contributed by atoms with Crippen molar-refractivity contribution in [2.75, 3.05) is 20.8 Å². The standard InChI is InChI=1S/C18H22O6/c1-20-14-7-5-6-12-13(10-16(19)21-2)15(24-18(12)14)11-23-17-8-3-4-9-22-17/h5-7,17H,3-4,8-11H2,1-2H3. The molecule has 1 fully saturated rings. The maximum Gasteiger partial charge on any atom is 0.310 e. The van der Waals surface area contributed by atoms with Crippen LogP contribution < -0.4 is 4.74 Å². The fourth-order valence-corrected chi connectivity index (χ4v) is 2.89. The predicted octanol–water partition coefficient (Wildman–Crippen LogP) is 3.20. The van der Waals surface area contributed by atoms with E-state index in [9.17, 15) is 4.79 Å². The number of rotatable bonds is 6. The second-order valence-electron chi connectivity index (χ2n) is 5.70. The number of benzene rings is 1. The Kier molecular flexibility index (Phi) is 5.37. The van der Waals surface area contributed by atoms with Crippen molar-refractivity contribution in [3.05, 3.63) is 29.5 Å². The minimum Gasteiger partial charge on any atom is -0.493 e. The largest absolute Gasteiger partial charge is 0.493 e. The van der Waals surface area contributed by atoms with Crippen molar-refractivity contribution in [1.82, 2.24) is 0 Å². The van der Waals surface area contributed by atoms with Crippen LogP contribution in [0.5, 0.6) is 5.75 Å². The molecule has 1 saturated heterocycles. The lowest BCUT2D eigenvalue weighted by Gasteiger charge is -2.22. The monoisotopic (exact) mass is 334 g/mol. The van der Waals surface area contributed by atoms with Crippen LogP contribution >= 0.6 is 0 Å². The van der Waals surface area contributed by atoms with Gasteiger partial charge in [0, 0.05) is 17.6 Å². The molecule has 0 spiro atoms. The van der Waals surface area contributed by atoms with Gasteiger partial charge in [0.05, 0.1) is 20.6 Å². The molecular formula is C18H22O6. The second-order valence-corrected chi connectivity index (χ2v) is 5.70. The minimum absolute atomic E-state index is 0.126. The van der Waals surface area contributed by atoms with Gasteiger partial charge < -0.3 is 23.4 Å². The summed E-state index contributed by atoms with van der Waals surface area (Å²) < 4.78 is 27.5. The van der Waals surface area contributed by atoms with E-state index in [-0.39, 0.29) is 25.3 Å². The van der Waals surface area contributed by atoms with E-state index in [2.05, 4.69) is 0 Å². The molecule has 0 radical (unpaired) electrons. The minimum atomic E-state index is -0.323. The molecule has 1 aromatic heterocycles. The number of ether oxygens (including phenoxy) is 4. The first-order valence-electron chi connectivity index (χ1n) is 8.10. The highest BCUT2D eigenvalue weighted by Gasteiger charge is 2.22. The Hall–Kier alpha value is -2.05. The van der Waals surface area contributed by atoms with Crippen molar-refractivity contribution in [3.8, 4) is 5.75 Å². The van der Waals surface area contributed by atoms with E-state index >= 15 is 0 Å². The Morgan fingerprint density at radius 3 is 2.88 bits per heavy atom. The third kappa shape index (κ3) is 3.55. The van der Waals surface area contributed by atoms with E-state index in [0.717, 1.165) is 30.2 Å². The molecule has 130 valence electrons. The Balaban J connectivity index is 1.88. The zero-order chi connectivity index (χ0) is 16.9. The third-order valence-corrected chi connectivity index (χ3v) is 4.17. The molecule has 0 saturated carbocycles. The van der Waals surface area contributed by atoms with Gasteiger partial charge in [0.1, 0.15) is 12.4 Å². The fourth-order valence-electron chi connectivity index (χ4n) is 2.89. The summed E-state index contributed by atoms with van der Waals surface area (Å²) in [6.07, 6.45) is 2.93. The highest BCUT2D eigenvalue weighted by molar-refractivity contribution is 5.90. The lowest BCUT2D eigenvalue weighted by Crippen LogP contribution is -2.22. The molecule has 0 bridgehead atoms. The average Bonchev–Trinajstić information content (AvgIpc) is 2.98. The van der Waals surface area contributed by atoms with Gasteiger partial charge in [0.2, 0.25) is 0 Å². The summed E-state index contributed by atoms with van der Waals surface area (Å²) in [4.78, 5) is 11.8. The van der Waals surface area contributed by atoms with Crippen molar-refractivity contribution >= 4 is 16.9 Å². The van der Waals surface area contributed by atoms with E-state index in [1.165, 1.54) is 7.11 Å². The third-order valence-electron chi connectivity index (χ3n) is 4.17. The summed E-state index contributed by atoms with van der Waals surface area (Å²) in [7, 11) is 2.96. The van der Waals surface area contributed by atoms with Crippen molar-refractivity contribution in [1.29, 1.82) is 0 Å². The number of hydrogen-bond acceptors (Lipinski definition) is 6. The maximum absolute atomic E-state index is 11.8. The van der Waals surface area contributed by atoms with Crippen LogP contribution in [0.1, 0.15) is 30.6 Å². The number of esters is 1. The van der Waals surface area contributed by atoms with Crippen molar-refractivity contribution in [2.24, 2.45) is 0 Å².